The molecule has 1 N–H and O–H groups in total. The maximum Gasteiger partial charge on any atom is 0.0845 e. The van der Waals surface area contributed by atoms with Gasteiger partial charge in [-0.25, -0.2) is 0 Å². The minimum absolute atomic E-state index is 0.401. The van der Waals surface area contributed by atoms with Gasteiger partial charge in [-0.05, 0) is 87.1 Å². The van der Waals surface area contributed by atoms with Crippen molar-refractivity contribution in [3.8, 4) is 0 Å². The Morgan fingerprint density at radius 3 is 1.97 bits per heavy atom. The number of benzene rings is 3. The summed E-state index contributed by atoms with van der Waals surface area (Å²) in [5.41, 5.74) is 3.65. The summed E-state index contributed by atoms with van der Waals surface area (Å²) in [6.07, 6.45) is 4.05. The molecule has 0 bridgehead atoms. The van der Waals surface area contributed by atoms with Crippen molar-refractivity contribution in [2.45, 2.75) is 12.6 Å². The number of aliphatic hydroxyl groups is 1. The maximum atomic E-state index is 11.0. The van der Waals surface area contributed by atoms with Gasteiger partial charge in [0, 0.05) is 68.2 Å². The van der Waals surface area contributed by atoms with E-state index in [0.717, 1.165) is 32.7 Å². The summed E-state index contributed by atoms with van der Waals surface area (Å²) in [5.74, 6) is 0. The monoisotopic (exact) mass is 677 g/mol. The number of aromatic nitrogens is 1. The zero-order valence-electron chi connectivity index (χ0n) is 19.1. The Morgan fingerprint density at radius 2 is 1.35 bits per heavy atom. The van der Waals surface area contributed by atoms with Crippen molar-refractivity contribution >= 4 is 73.1 Å². The SMILES string of the molecule is OC(CN1CCN(C/C=C/c2ccccc2)CC1)Cn1c2ccc(I)cc2c2cc(I)ccc21. The number of nitrogens with zero attached hydrogens (tertiary/aromatic N) is 3. The number of β-amino-alcohol motifs (C(OH)–C–C–N with tert-alkyl or cyclic N) is 1. The average Bonchev–Trinajstić information content (AvgIpc) is 3.12. The minimum Gasteiger partial charge on any atom is -0.390 e. The molecule has 176 valence electrons. The van der Waals surface area contributed by atoms with Gasteiger partial charge in [-0.2, -0.15) is 0 Å². The molecule has 1 atom stereocenters. The Balaban J connectivity index is 1.20. The van der Waals surface area contributed by atoms with Gasteiger partial charge in [-0.3, -0.25) is 9.80 Å². The lowest BCUT2D eigenvalue weighted by molar-refractivity contribution is 0.0688. The van der Waals surface area contributed by atoms with Crippen molar-refractivity contribution in [2.24, 2.45) is 0 Å². The van der Waals surface area contributed by atoms with Crippen LogP contribution in [-0.2, 0) is 6.54 Å². The molecule has 1 unspecified atom stereocenters. The Bertz CT molecular complexity index is 1230. The second-order valence-corrected chi connectivity index (χ2v) is 11.5. The van der Waals surface area contributed by atoms with Crippen molar-refractivity contribution < 1.29 is 5.11 Å². The first-order chi connectivity index (χ1) is 16.6. The van der Waals surface area contributed by atoms with E-state index in [1.165, 1.54) is 34.5 Å². The van der Waals surface area contributed by atoms with E-state index in [1.54, 1.807) is 0 Å². The first-order valence-electron chi connectivity index (χ1n) is 11.8. The second kappa shape index (κ2) is 11.1. The van der Waals surface area contributed by atoms with Crippen LogP contribution in [0.5, 0.6) is 0 Å². The van der Waals surface area contributed by atoms with Crippen LogP contribution in [0, 0.1) is 7.14 Å². The third-order valence-corrected chi connectivity index (χ3v) is 7.93. The van der Waals surface area contributed by atoms with Crippen LogP contribution in [0.15, 0.2) is 72.8 Å². The normalized spacial score (nSPS) is 16.7. The van der Waals surface area contributed by atoms with E-state index in [4.69, 9.17) is 0 Å². The highest BCUT2D eigenvalue weighted by Gasteiger charge is 2.20. The van der Waals surface area contributed by atoms with Gasteiger partial charge >= 0.3 is 0 Å². The molecule has 1 saturated heterocycles. The second-order valence-electron chi connectivity index (χ2n) is 9.00. The van der Waals surface area contributed by atoms with Crippen molar-refractivity contribution in [1.29, 1.82) is 0 Å². The molecule has 1 fully saturated rings. The van der Waals surface area contributed by atoms with Crippen LogP contribution in [0.1, 0.15) is 5.56 Å². The third kappa shape index (κ3) is 5.67. The fourth-order valence-corrected chi connectivity index (χ4v) is 5.85. The van der Waals surface area contributed by atoms with Gasteiger partial charge in [0.15, 0.2) is 0 Å². The largest absolute Gasteiger partial charge is 0.390 e. The zero-order valence-corrected chi connectivity index (χ0v) is 23.4. The van der Waals surface area contributed by atoms with Crippen molar-refractivity contribution in [1.82, 2.24) is 14.4 Å². The first-order valence-corrected chi connectivity index (χ1v) is 13.9. The number of halogens is 2. The Labute approximate surface area is 228 Å². The van der Waals surface area contributed by atoms with E-state index < -0.39 is 6.10 Å². The quantitative estimate of drug-likeness (QED) is 0.255. The zero-order chi connectivity index (χ0) is 23.5. The summed E-state index contributed by atoms with van der Waals surface area (Å²) in [7, 11) is 0. The van der Waals surface area contributed by atoms with Crippen LogP contribution >= 0.6 is 45.2 Å². The molecule has 34 heavy (non-hydrogen) atoms. The molecule has 3 aromatic carbocycles. The molecule has 0 spiro atoms. The molecule has 0 saturated carbocycles. The van der Waals surface area contributed by atoms with E-state index in [9.17, 15) is 5.11 Å². The first kappa shape index (κ1) is 24.2. The topological polar surface area (TPSA) is 31.6 Å². The average molecular weight is 677 g/mol. The fraction of sp³-hybridized carbons (Fsp3) is 0.286. The number of hydrogen-bond donors (Lipinski definition) is 1. The van der Waals surface area contributed by atoms with Crippen LogP contribution in [0.3, 0.4) is 0 Å². The van der Waals surface area contributed by atoms with Gasteiger partial charge in [0.2, 0.25) is 0 Å². The maximum absolute atomic E-state index is 11.0. The van der Waals surface area contributed by atoms with Gasteiger partial charge < -0.3 is 9.67 Å². The van der Waals surface area contributed by atoms with Gasteiger partial charge in [-0.15, -0.1) is 0 Å². The van der Waals surface area contributed by atoms with Crippen LogP contribution in [-0.4, -0.2) is 64.8 Å². The molecule has 0 radical (unpaired) electrons. The number of rotatable bonds is 7. The highest BCUT2D eigenvalue weighted by atomic mass is 127. The van der Waals surface area contributed by atoms with E-state index in [1.807, 2.05) is 6.07 Å². The van der Waals surface area contributed by atoms with Gasteiger partial charge in [0.05, 0.1) is 12.6 Å². The molecule has 1 aliphatic heterocycles. The highest BCUT2D eigenvalue weighted by Crippen LogP contribution is 2.31. The molecular weight excluding hydrogens is 648 g/mol. The van der Waals surface area contributed by atoms with Crippen LogP contribution in [0.4, 0.5) is 0 Å². The van der Waals surface area contributed by atoms with Crippen LogP contribution < -0.4 is 0 Å². The number of aliphatic hydroxyl groups excluding tert-OH is 1. The highest BCUT2D eigenvalue weighted by molar-refractivity contribution is 14.1. The molecule has 2 heterocycles. The molecular formula is C28H29I2N3O. The van der Waals surface area contributed by atoms with Crippen molar-refractivity contribution in [3.05, 3.63) is 85.5 Å². The summed E-state index contributed by atoms with van der Waals surface area (Å²) >= 11 is 4.76. The Hall–Kier alpha value is -1.46. The number of hydrogen-bond acceptors (Lipinski definition) is 3. The smallest absolute Gasteiger partial charge is 0.0845 e. The van der Waals surface area contributed by atoms with Crippen molar-refractivity contribution in [2.75, 3.05) is 39.3 Å². The summed E-state index contributed by atoms with van der Waals surface area (Å²) < 4.78 is 4.77. The Kier molecular flexibility index (Phi) is 7.90. The van der Waals surface area contributed by atoms with Gasteiger partial charge in [-0.1, -0.05) is 42.5 Å². The van der Waals surface area contributed by atoms with Crippen LogP contribution in [0.2, 0.25) is 0 Å². The lowest BCUT2D eigenvalue weighted by atomic mass is 10.2. The molecule has 0 amide bonds. The predicted molar refractivity (Wildman–Crippen MR) is 159 cm³/mol. The van der Waals surface area contributed by atoms with Gasteiger partial charge in [0.1, 0.15) is 0 Å². The third-order valence-electron chi connectivity index (χ3n) is 6.59. The lowest BCUT2D eigenvalue weighted by Gasteiger charge is -2.35. The van der Waals surface area contributed by atoms with E-state index in [-0.39, 0.29) is 0 Å². The minimum atomic E-state index is -0.401. The number of piperazine rings is 1. The standard InChI is InChI=1S/C28H29I2N3O/c29-22-8-10-27-25(17-22)26-18-23(30)9-11-28(26)33(27)20-24(34)19-32-15-13-31(14-16-32)12-4-7-21-5-2-1-3-6-21/h1-11,17-18,24,34H,12-16,19-20H2/b7-4+. The molecule has 1 aromatic heterocycles. The molecule has 5 rings (SSSR count). The summed E-state index contributed by atoms with van der Waals surface area (Å²) in [5, 5.41) is 13.6. The molecule has 6 heteroatoms. The summed E-state index contributed by atoms with van der Waals surface area (Å²) in [4.78, 5) is 4.89. The summed E-state index contributed by atoms with van der Waals surface area (Å²) in [6, 6.07) is 23.7. The predicted octanol–water partition coefficient (Wildman–Crippen LogP) is 5.70. The van der Waals surface area contributed by atoms with Crippen molar-refractivity contribution in [3.63, 3.8) is 0 Å². The Morgan fingerprint density at radius 1 is 0.765 bits per heavy atom. The van der Waals surface area contributed by atoms with E-state index in [2.05, 4.69) is 132 Å². The molecule has 4 aromatic rings. The van der Waals surface area contributed by atoms with Crippen LogP contribution in [0.25, 0.3) is 27.9 Å². The van der Waals surface area contributed by atoms with E-state index in [0.29, 0.717) is 13.1 Å². The van der Waals surface area contributed by atoms with E-state index >= 15 is 0 Å². The fourth-order valence-electron chi connectivity index (χ4n) is 4.87. The number of fused-ring (bicyclic) bond motifs is 3. The molecule has 0 aliphatic carbocycles. The molecule has 1 aliphatic rings. The lowest BCUT2D eigenvalue weighted by Crippen LogP contribution is -2.48. The summed E-state index contributed by atoms with van der Waals surface area (Å²) in [6.45, 7) is 6.38. The molecule has 4 nitrogen and oxygen atoms in total. The van der Waals surface area contributed by atoms with Gasteiger partial charge in [0.25, 0.3) is 0 Å².